The Morgan fingerprint density at radius 2 is 2.07 bits per heavy atom. The number of rotatable bonds is 8. The normalized spacial score (nSPS) is 10.9. The van der Waals surface area contributed by atoms with E-state index in [1.54, 1.807) is 13.4 Å². The number of aryl methyl sites for hydroxylation is 1. The predicted molar refractivity (Wildman–Crippen MR) is 106 cm³/mol. The highest BCUT2D eigenvalue weighted by Crippen LogP contribution is 2.27. The van der Waals surface area contributed by atoms with Crippen LogP contribution in [0.5, 0.6) is 5.75 Å². The molecule has 142 valence electrons. The number of hydrogen-bond acceptors (Lipinski definition) is 4. The zero-order valence-corrected chi connectivity index (χ0v) is 16.0. The fraction of sp³-hybridized carbons (Fsp3) is 0.333. The van der Waals surface area contributed by atoms with Gasteiger partial charge in [-0.05, 0) is 56.2 Å². The Labute approximate surface area is 159 Å². The van der Waals surface area contributed by atoms with Crippen molar-refractivity contribution in [3.05, 3.63) is 53.9 Å². The fourth-order valence-electron chi connectivity index (χ4n) is 2.96. The monoisotopic (exact) mass is 367 g/mol. The first kappa shape index (κ1) is 18.9. The number of nitrogens with zero attached hydrogens (tertiary/aromatic N) is 2. The Bertz CT molecular complexity index is 934. The number of nitrogens with one attached hydrogen (secondary N) is 1. The number of benzene rings is 2. The zero-order valence-electron chi connectivity index (χ0n) is 16.0. The molecule has 1 aromatic heterocycles. The van der Waals surface area contributed by atoms with Crippen LogP contribution in [0.3, 0.4) is 0 Å². The van der Waals surface area contributed by atoms with Crippen molar-refractivity contribution in [3.8, 4) is 11.4 Å². The first-order valence-corrected chi connectivity index (χ1v) is 9.12. The minimum Gasteiger partial charge on any atom is -0.495 e. The van der Waals surface area contributed by atoms with Crippen LogP contribution in [0.1, 0.15) is 29.3 Å². The molecule has 0 spiro atoms. The molecular formula is C21H25N3O3. The smallest absolute Gasteiger partial charge is 0.251 e. The van der Waals surface area contributed by atoms with E-state index in [0.717, 1.165) is 34.5 Å². The van der Waals surface area contributed by atoms with Gasteiger partial charge in [0.05, 0.1) is 23.8 Å². The highest BCUT2D eigenvalue weighted by atomic mass is 16.5. The molecule has 0 fully saturated rings. The van der Waals surface area contributed by atoms with Gasteiger partial charge in [-0.3, -0.25) is 9.36 Å². The highest BCUT2D eigenvalue weighted by molar-refractivity contribution is 5.97. The molecule has 1 heterocycles. The van der Waals surface area contributed by atoms with Crippen LogP contribution in [-0.2, 0) is 4.74 Å². The molecule has 0 saturated carbocycles. The largest absolute Gasteiger partial charge is 0.495 e. The average Bonchev–Trinajstić information content (AvgIpc) is 3.10. The molecule has 0 bridgehead atoms. The fourth-order valence-corrected chi connectivity index (χ4v) is 2.96. The van der Waals surface area contributed by atoms with Crippen LogP contribution in [0.2, 0.25) is 0 Å². The van der Waals surface area contributed by atoms with Gasteiger partial charge in [0.1, 0.15) is 12.1 Å². The maximum Gasteiger partial charge on any atom is 0.251 e. The van der Waals surface area contributed by atoms with E-state index in [-0.39, 0.29) is 5.91 Å². The van der Waals surface area contributed by atoms with Gasteiger partial charge >= 0.3 is 0 Å². The van der Waals surface area contributed by atoms with Crippen LogP contribution < -0.4 is 10.1 Å². The number of ether oxygens (including phenoxy) is 2. The average molecular weight is 367 g/mol. The topological polar surface area (TPSA) is 65.4 Å². The molecule has 6 heteroatoms. The molecular weight excluding hydrogens is 342 g/mol. The second kappa shape index (κ2) is 8.68. The molecule has 0 aliphatic carbocycles. The summed E-state index contributed by atoms with van der Waals surface area (Å²) < 4.78 is 12.7. The van der Waals surface area contributed by atoms with E-state index in [9.17, 15) is 4.79 Å². The Morgan fingerprint density at radius 3 is 2.85 bits per heavy atom. The summed E-state index contributed by atoms with van der Waals surface area (Å²) in [4.78, 5) is 16.8. The molecule has 27 heavy (non-hydrogen) atoms. The molecule has 6 nitrogen and oxygen atoms in total. The highest BCUT2D eigenvalue weighted by Gasteiger charge is 2.12. The molecule has 2 aromatic carbocycles. The van der Waals surface area contributed by atoms with Gasteiger partial charge in [0.2, 0.25) is 0 Å². The third kappa shape index (κ3) is 4.28. The van der Waals surface area contributed by atoms with Gasteiger partial charge in [0.15, 0.2) is 0 Å². The summed E-state index contributed by atoms with van der Waals surface area (Å²) in [6.45, 7) is 5.93. The molecule has 0 aliphatic heterocycles. The van der Waals surface area contributed by atoms with Crippen molar-refractivity contribution in [2.24, 2.45) is 0 Å². The van der Waals surface area contributed by atoms with Crippen molar-refractivity contribution in [2.75, 3.05) is 26.9 Å². The quantitative estimate of drug-likeness (QED) is 0.619. The molecule has 1 amide bonds. The lowest BCUT2D eigenvalue weighted by molar-refractivity contribution is 0.0944. The van der Waals surface area contributed by atoms with Gasteiger partial charge in [-0.1, -0.05) is 6.07 Å². The number of imidazole rings is 1. The van der Waals surface area contributed by atoms with Crippen molar-refractivity contribution in [1.82, 2.24) is 14.9 Å². The molecule has 0 unspecified atom stereocenters. The Morgan fingerprint density at radius 1 is 1.22 bits per heavy atom. The number of amides is 1. The van der Waals surface area contributed by atoms with E-state index < -0.39 is 0 Å². The molecule has 3 aromatic rings. The van der Waals surface area contributed by atoms with Crippen LogP contribution in [0.25, 0.3) is 16.7 Å². The lowest BCUT2D eigenvalue weighted by atomic mass is 10.1. The van der Waals surface area contributed by atoms with E-state index in [2.05, 4.69) is 16.4 Å². The summed E-state index contributed by atoms with van der Waals surface area (Å²) in [6, 6.07) is 11.6. The van der Waals surface area contributed by atoms with E-state index >= 15 is 0 Å². The van der Waals surface area contributed by atoms with E-state index in [4.69, 9.17) is 9.47 Å². The van der Waals surface area contributed by atoms with Crippen molar-refractivity contribution in [3.63, 3.8) is 0 Å². The van der Waals surface area contributed by atoms with E-state index in [0.29, 0.717) is 25.3 Å². The minimum absolute atomic E-state index is 0.101. The molecule has 0 saturated heterocycles. The van der Waals surface area contributed by atoms with E-state index in [1.807, 2.05) is 48.7 Å². The summed E-state index contributed by atoms with van der Waals surface area (Å²) in [5.41, 5.74) is 4.34. The standard InChI is InChI=1S/C21H25N3O3/c1-4-27-11-5-10-22-21(25)16-7-8-18-17(13-16)23-14-24(18)19-12-15(2)6-9-20(19)26-3/h6-9,12-14H,4-5,10-11H2,1-3H3,(H,22,25). The second-order valence-electron chi connectivity index (χ2n) is 6.30. The van der Waals surface area contributed by atoms with Crippen molar-refractivity contribution in [1.29, 1.82) is 0 Å². The Balaban J connectivity index is 1.81. The minimum atomic E-state index is -0.101. The van der Waals surface area contributed by atoms with Crippen molar-refractivity contribution >= 4 is 16.9 Å². The molecule has 0 radical (unpaired) electrons. The maximum absolute atomic E-state index is 12.3. The van der Waals surface area contributed by atoms with Crippen LogP contribution in [0, 0.1) is 6.92 Å². The number of fused-ring (bicyclic) bond motifs is 1. The third-order valence-corrected chi connectivity index (χ3v) is 4.36. The van der Waals surface area contributed by atoms with Crippen LogP contribution >= 0.6 is 0 Å². The van der Waals surface area contributed by atoms with Gasteiger partial charge in [0.25, 0.3) is 5.91 Å². The second-order valence-corrected chi connectivity index (χ2v) is 6.30. The van der Waals surface area contributed by atoms with E-state index in [1.165, 1.54) is 0 Å². The van der Waals surface area contributed by atoms with Gasteiger partial charge in [-0.25, -0.2) is 4.98 Å². The SMILES string of the molecule is CCOCCCNC(=O)c1ccc2c(c1)ncn2-c1cc(C)ccc1OC. The van der Waals surface area contributed by atoms with Gasteiger partial charge < -0.3 is 14.8 Å². The summed E-state index contributed by atoms with van der Waals surface area (Å²) in [7, 11) is 1.65. The molecule has 1 N–H and O–H groups in total. The summed E-state index contributed by atoms with van der Waals surface area (Å²) in [6.07, 6.45) is 2.55. The molecule has 0 atom stereocenters. The number of carbonyl (C=O) groups is 1. The number of methoxy groups -OCH3 is 1. The number of carbonyl (C=O) groups excluding carboxylic acids is 1. The summed E-state index contributed by atoms with van der Waals surface area (Å²) >= 11 is 0. The van der Waals surface area contributed by atoms with Crippen LogP contribution in [0.15, 0.2) is 42.7 Å². The Hall–Kier alpha value is -2.86. The van der Waals surface area contributed by atoms with Gasteiger partial charge in [-0.2, -0.15) is 0 Å². The lowest BCUT2D eigenvalue weighted by Gasteiger charge is -2.11. The Kier molecular flexibility index (Phi) is 6.08. The number of aromatic nitrogens is 2. The van der Waals surface area contributed by atoms with Crippen LogP contribution in [0.4, 0.5) is 0 Å². The lowest BCUT2D eigenvalue weighted by Crippen LogP contribution is -2.25. The third-order valence-electron chi connectivity index (χ3n) is 4.36. The van der Waals surface area contributed by atoms with Crippen molar-refractivity contribution < 1.29 is 14.3 Å². The van der Waals surface area contributed by atoms with Gasteiger partial charge in [0, 0.05) is 25.3 Å². The van der Waals surface area contributed by atoms with Crippen LogP contribution in [-0.4, -0.2) is 42.3 Å². The zero-order chi connectivity index (χ0) is 19.2. The van der Waals surface area contributed by atoms with Crippen molar-refractivity contribution in [2.45, 2.75) is 20.3 Å². The summed E-state index contributed by atoms with van der Waals surface area (Å²) in [5, 5.41) is 2.91. The predicted octanol–water partition coefficient (Wildman–Crippen LogP) is 3.50. The number of hydrogen-bond donors (Lipinski definition) is 1. The summed E-state index contributed by atoms with van der Waals surface area (Å²) in [5.74, 6) is 0.673. The van der Waals surface area contributed by atoms with Gasteiger partial charge in [-0.15, -0.1) is 0 Å². The first-order valence-electron chi connectivity index (χ1n) is 9.12. The molecule has 3 rings (SSSR count). The molecule has 0 aliphatic rings. The maximum atomic E-state index is 12.3. The first-order chi connectivity index (χ1) is 13.1.